The summed E-state index contributed by atoms with van der Waals surface area (Å²) >= 11 is 0. The van der Waals surface area contributed by atoms with Gasteiger partial charge in [-0.05, 0) is 64.4 Å². The van der Waals surface area contributed by atoms with E-state index in [1.165, 1.54) is 36.3 Å². The zero-order valence-corrected chi connectivity index (χ0v) is 13.2. The molecule has 0 aromatic heterocycles. The summed E-state index contributed by atoms with van der Waals surface area (Å²) < 4.78 is 0. The lowest BCUT2D eigenvalue weighted by atomic mass is 9.85. The normalized spacial score (nSPS) is 14.0. The molecular formula is C21H18O2. The maximum Gasteiger partial charge on any atom is 0.228 e. The third kappa shape index (κ3) is 2.17. The number of rotatable bonds is 2. The summed E-state index contributed by atoms with van der Waals surface area (Å²) in [6.45, 7) is 1.35. The molecule has 23 heavy (non-hydrogen) atoms. The highest BCUT2D eigenvalue weighted by Gasteiger charge is 2.19. The van der Waals surface area contributed by atoms with Crippen LogP contribution in [0.2, 0.25) is 0 Å². The Bertz CT molecular complexity index is 966. The molecule has 0 unspecified atom stereocenters. The first-order chi connectivity index (χ1) is 11.2. The molecule has 0 N–H and O–H groups in total. The van der Waals surface area contributed by atoms with Crippen molar-refractivity contribution in [3.63, 3.8) is 0 Å². The molecule has 1 aliphatic rings. The van der Waals surface area contributed by atoms with Crippen LogP contribution in [0.3, 0.4) is 0 Å². The molecule has 0 saturated carbocycles. The zero-order valence-electron chi connectivity index (χ0n) is 13.2. The molecule has 0 spiro atoms. The topological polar surface area (TPSA) is 34.1 Å². The van der Waals surface area contributed by atoms with E-state index in [1.54, 1.807) is 0 Å². The summed E-state index contributed by atoms with van der Waals surface area (Å²) in [4.78, 5) is 24.1. The molecule has 0 heterocycles. The van der Waals surface area contributed by atoms with Gasteiger partial charge in [0.25, 0.3) is 0 Å². The van der Waals surface area contributed by atoms with Crippen molar-refractivity contribution >= 4 is 33.1 Å². The van der Waals surface area contributed by atoms with Crippen LogP contribution in [0.5, 0.6) is 0 Å². The third-order valence-corrected chi connectivity index (χ3v) is 4.94. The van der Waals surface area contributed by atoms with Crippen LogP contribution >= 0.6 is 0 Å². The maximum absolute atomic E-state index is 12.4. The van der Waals surface area contributed by atoms with Gasteiger partial charge in [-0.25, -0.2) is 0 Å². The minimum absolute atomic E-state index is 0.392. The average molecular weight is 302 g/mol. The van der Waals surface area contributed by atoms with Crippen LogP contribution < -0.4 is 0 Å². The monoisotopic (exact) mass is 302 g/mol. The Hall–Kier alpha value is -2.48. The minimum atomic E-state index is -0.403. The molecule has 0 radical (unpaired) electrons. The molecule has 0 fully saturated rings. The van der Waals surface area contributed by atoms with Gasteiger partial charge in [-0.2, -0.15) is 0 Å². The molecule has 0 bridgehead atoms. The van der Waals surface area contributed by atoms with Gasteiger partial charge in [0.1, 0.15) is 0 Å². The molecular weight excluding hydrogens is 284 g/mol. The van der Waals surface area contributed by atoms with Gasteiger partial charge in [0.15, 0.2) is 5.78 Å². The number of Topliss-reactive ketones (excluding diaryl/α,β-unsaturated/α-hetero) is 2. The van der Waals surface area contributed by atoms with Crippen molar-refractivity contribution in [3.05, 3.63) is 59.2 Å². The third-order valence-electron chi connectivity index (χ3n) is 4.94. The Morgan fingerprint density at radius 3 is 2.30 bits per heavy atom. The molecule has 2 nitrogen and oxygen atoms in total. The van der Waals surface area contributed by atoms with E-state index in [2.05, 4.69) is 12.1 Å². The molecule has 0 aliphatic heterocycles. The smallest absolute Gasteiger partial charge is 0.228 e. The SMILES string of the molecule is CC(=O)C(=O)c1cc2c3c(ccc2c2ccccc12)CCCC3. The number of carbonyl (C=O) groups excluding carboxylic acids is 2. The summed E-state index contributed by atoms with van der Waals surface area (Å²) in [7, 11) is 0. The highest BCUT2D eigenvalue weighted by atomic mass is 16.2. The number of benzene rings is 3. The van der Waals surface area contributed by atoms with Crippen molar-refractivity contribution in [2.45, 2.75) is 32.6 Å². The minimum Gasteiger partial charge on any atom is -0.291 e. The van der Waals surface area contributed by atoms with E-state index in [0.717, 1.165) is 29.0 Å². The number of hydrogen-bond donors (Lipinski definition) is 0. The van der Waals surface area contributed by atoms with Crippen LogP contribution in [0.4, 0.5) is 0 Å². The predicted molar refractivity (Wildman–Crippen MR) is 93.1 cm³/mol. The first-order valence-electron chi connectivity index (χ1n) is 8.18. The van der Waals surface area contributed by atoms with Crippen molar-refractivity contribution in [2.24, 2.45) is 0 Å². The first-order valence-corrected chi connectivity index (χ1v) is 8.18. The number of carbonyl (C=O) groups is 2. The number of fused-ring (bicyclic) bond motifs is 5. The van der Waals surface area contributed by atoms with E-state index in [1.807, 2.05) is 30.3 Å². The molecule has 0 amide bonds. The van der Waals surface area contributed by atoms with E-state index < -0.39 is 11.6 Å². The van der Waals surface area contributed by atoms with Crippen molar-refractivity contribution in [1.29, 1.82) is 0 Å². The fourth-order valence-electron chi connectivity index (χ4n) is 3.81. The van der Waals surface area contributed by atoms with Gasteiger partial charge in [0, 0.05) is 12.5 Å². The van der Waals surface area contributed by atoms with Crippen LogP contribution in [-0.2, 0) is 17.6 Å². The molecule has 4 rings (SSSR count). The van der Waals surface area contributed by atoms with E-state index in [-0.39, 0.29) is 0 Å². The molecule has 0 atom stereocenters. The fourth-order valence-corrected chi connectivity index (χ4v) is 3.81. The second-order valence-electron chi connectivity index (χ2n) is 6.36. The second kappa shape index (κ2) is 5.31. The van der Waals surface area contributed by atoms with Crippen LogP contribution in [0, 0.1) is 0 Å². The fraction of sp³-hybridized carbons (Fsp3) is 0.238. The van der Waals surface area contributed by atoms with E-state index >= 15 is 0 Å². The molecule has 0 saturated heterocycles. The van der Waals surface area contributed by atoms with Gasteiger partial charge < -0.3 is 0 Å². The maximum atomic E-state index is 12.4. The van der Waals surface area contributed by atoms with Crippen LogP contribution in [0.1, 0.15) is 41.3 Å². The van der Waals surface area contributed by atoms with Crippen LogP contribution in [0.15, 0.2) is 42.5 Å². The average Bonchev–Trinajstić information content (AvgIpc) is 2.60. The Morgan fingerprint density at radius 2 is 1.52 bits per heavy atom. The van der Waals surface area contributed by atoms with E-state index in [4.69, 9.17) is 0 Å². The summed E-state index contributed by atoms with van der Waals surface area (Å²) in [5.74, 6) is -0.796. The van der Waals surface area contributed by atoms with Gasteiger partial charge in [-0.1, -0.05) is 36.4 Å². The Morgan fingerprint density at radius 1 is 0.826 bits per heavy atom. The second-order valence-corrected chi connectivity index (χ2v) is 6.36. The van der Waals surface area contributed by atoms with Crippen LogP contribution in [-0.4, -0.2) is 11.6 Å². The van der Waals surface area contributed by atoms with Gasteiger partial charge in [0.05, 0.1) is 0 Å². The lowest BCUT2D eigenvalue weighted by Crippen LogP contribution is -2.11. The lowest BCUT2D eigenvalue weighted by Gasteiger charge is -2.19. The first kappa shape index (κ1) is 14.1. The zero-order chi connectivity index (χ0) is 16.0. The van der Waals surface area contributed by atoms with Gasteiger partial charge >= 0.3 is 0 Å². The summed E-state index contributed by atoms with van der Waals surface area (Å²) in [6.07, 6.45) is 4.58. The molecule has 3 aromatic carbocycles. The highest BCUT2D eigenvalue weighted by molar-refractivity contribution is 6.45. The standard InChI is InChI=1S/C21H18O2/c1-13(22)21(23)20-12-19-15-7-3-2-6-14(15)10-11-18(19)16-8-4-5-9-17(16)20/h4-5,8-12H,2-3,6-7H2,1H3. The van der Waals surface area contributed by atoms with Gasteiger partial charge in [0.2, 0.25) is 5.78 Å². The van der Waals surface area contributed by atoms with Crippen molar-refractivity contribution < 1.29 is 9.59 Å². The molecule has 2 heteroatoms. The lowest BCUT2D eigenvalue weighted by molar-refractivity contribution is -0.113. The summed E-state index contributed by atoms with van der Waals surface area (Å²) in [5, 5.41) is 4.26. The Balaban J connectivity index is 2.15. The van der Waals surface area contributed by atoms with Gasteiger partial charge in [-0.3, -0.25) is 9.59 Å². The Labute approximate surface area is 135 Å². The number of hydrogen-bond acceptors (Lipinski definition) is 2. The predicted octanol–water partition coefficient (Wildman–Crippen LogP) is 4.64. The highest BCUT2D eigenvalue weighted by Crippen LogP contribution is 2.35. The van der Waals surface area contributed by atoms with Crippen molar-refractivity contribution in [2.75, 3.05) is 0 Å². The molecule has 1 aliphatic carbocycles. The van der Waals surface area contributed by atoms with Crippen LogP contribution in [0.25, 0.3) is 21.5 Å². The summed E-state index contributed by atoms with van der Waals surface area (Å²) in [5.41, 5.74) is 3.29. The van der Waals surface area contributed by atoms with Gasteiger partial charge in [-0.15, -0.1) is 0 Å². The number of ketones is 2. The van der Waals surface area contributed by atoms with Crippen molar-refractivity contribution in [1.82, 2.24) is 0 Å². The summed E-state index contributed by atoms with van der Waals surface area (Å²) in [6, 6.07) is 14.2. The van der Waals surface area contributed by atoms with Crippen molar-refractivity contribution in [3.8, 4) is 0 Å². The van der Waals surface area contributed by atoms with E-state index in [0.29, 0.717) is 5.56 Å². The van der Waals surface area contributed by atoms with E-state index in [9.17, 15) is 9.59 Å². The largest absolute Gasteiger partial charge is 0.291 e. The Kier molecular flexibility index (Phi) is 3.26. The molecule has 114 valence electrons. The quantitative estimate of drug-likeness (QED) is 0.392. The molecule has 3 aromatic rings. The number of aryl methyl sites for hydroxylation is 2.